The van der Waals surface area contributed by atoms with Gasteiger partial charge in [-0.2, -0.15) is 0 Å². The largest absolute Gasteiger partial charge is 0.375 e. The van der Waals surface area contributed by atoms with Gasteiger partial charge in [0.05, 0.1) is 10.2 Å². The van der Waals surface area contributed by atoms with Gasteiger partial charge in [0, 0.05) is 0 Å². The van der Waals surface area contributed by atoms with Crippen molar-refractivity contribution in [3.8, 4) is 0 Å². The van der Waals surface area contributed by atoms with Crippen molar-refractivity contribution >= 4 is 26.7 Å². The second-order valence-corrected chi connectivity index (χ2v) is 4.91. The molecule has 1 aromatic heterocycles. The third kappa shape index (κ3) is 1.73. The van der Waals surface area contributed by atoms with E-state index in [1.165, 1.54) is 16.9 Å². The molecule has 2 aromatic rings. The van der Waals surface area contributed by atoms with E-state index in [4.69, 9.17) is 5.73 Å². The topological polar surface area (TPSA) is 38.9 Å². The number of benzene rings is 1. The molecule has 0 unspecified atom stereocenters. The van der Waals surface area contributed by atoms with Gasteiger partial charge >= 0.3 is 0 Å². The Hall–Kier alpha value is -1.09. The van der Waals surface area contributed by atoms with Gasteiger partial charge < -0.3 is 5.73 Å². The number of hydrogen-bond donors (Lipinski definition) is 1. The van der Waals surface area contributed by atoms with Crippen LogP contribution in [0.3, 0.4) is 0 Å². The summed E-state index contributed by atoms with van der Waals surface area (Å²) >= 11 is 1.53. The summed E-state index contributed by atoms with van der Waals surface area (Å²) in [5.74, 6) is 0.636. The Morgan fingerprint density at radius 2 is 2.29 bits per heavy atom. The fraction of sp³-hybridized carbons (Fsp3) is 0.364. The normalized spacial score (nSPS) is 11.4. The Bertz CT molecular complexity index is 445. The van der Waals surface area contributed by atoms with Crippen LogP contribution in [0.1, 0.15) is 19.4 Å². The van der Waals surface area contributed by atoms with Crippen LogP contribution in [0.25, 0.3) is 10.2 Å². The molecule has 2 N–H and O–H groups in total. The minimum atomic E-state index is 0.636. The first kappa shape index (κ1) is 9.46. The molecule has 0 aliphatic heterocycles. The average molecular weight is 205 g/mol. The fourth-order valence-corrected chi connectivity index (χ4v) is 2.32. The summed E-state index contributed by atoms with van der Waals surface area (Å²) < 4.78 is 1.14. The first-order valence-corrected chi connectivity index (χ1v) is 5.53. The molecule has 2 rings (SSSR count). The van der Waals surface area contributed by atoms with Crippen LogP contribution >= 0.6 is 11.3 Å². The summed E-state index contributed by atoms with van der Waals surface area (Å²) in [5.41, 5.74) is 7.99. The van der Waals surface area contributed by atoms with Gasteiger partial charge in [0.1, 0.15) is 0 Å². The SMILES string of the molecule is CC(C)Cc1c[c]cc2sc(N)nc12. The Morgan fingerprint density at radius 1 is 1.50 bits per heavy atom. The van der Waals surface area contributed by atoms with Gasteiger partial charge in [-0.25, -0.2) is 4.98 Å². The van der Waals surface area contributed by atoms with Crippen molar-refractivity contribution in [3.05, 3.63) is 23.8 Å². The zero-order valence-electron chi connectivity index (χ0n) is 8.37. The lowest BCUT2D eigenvalue weighted by molar-refractivity contribution is 0.649. The van der Waals surface area contributed by atoms with Crippen molar-refractivity contribution in [2.45, 2.75) is 20.3 Å². The van der Waals surface area contributed by atoms with E-state index in [2.05, 4.69) is 24.9 Å². The number of fused-ring (bicyclic) bond motifs is 1. The van der Waals surface area contributed by atoms with Crippen molar-refractivity contribution in [3.63, 3.8) is 0 Å². The molecular weight excluding hydrogens is 192 g/mol. The summed E-state index contributed by atoms with van der Waals surface area (Å²) in [5, 5.41) is 0.643. The van der Waals surface area contributed by atoms with Crippen molar-refractivity contribution < 1.29 is 0 Å². The standard InChI is InChI=1S/C11H13N2S/c1-7(2)6-8-4-3-5-9-10(8)13-11(12)14-9/h4-5,7H,6H2,1-2H3,(H2,12,13). The van der Waals surface area contributed by atoms with Crippen LogP contribution in [-0.4, -0.2) is 4.98 Å². The van der Waals surface area contributed by atoms with Crippen molar-refractivity contribution in [2.75, 3.05) is 5.73 Å². The van der Waals surface area contributed by atoms with E-state index in [1.54, 1.807) is 0 Å². The summed E-state index contributed by atoms with van der Waals surface area (Å²) in [7, 11) is 0. The number of nitrogens with zero attached hydrogens (tertiary/aromatic N) is 1. The van der Waals surface area contributed by atoms with Gasteiger partial charge in [0.25, 0.3) is 0 Å². The maximum Gasteiger partial charge on any atom is 0.181 e. The number of hydrogen-bond acceptors (Lipinski definition) is 3. The van der Waals surface area contributed by atoms with Gasteiger partial charge in [-0.15, -0.1) is 0 Å². The molecule has 0 atom stereocenters. The number of nitrogens with two attached hydrogens (primary N) is 1. The molecule has 1 aromatic carbocycles. The molecule has 0 fully saturated rings. The summed E-state index contributed by atoms with van der Waals surface area (Å²) in [6.07, 6.45) is 1.04. The highest BCUT2D eigenvalue weighted by atomic mass is 32.1. The molecule has 73 valence electrons. The average Bonchev–Trinajstić information content (AvgIpc) is 2.45. The Kier molecular flexibility index (Phi) is 2.42. The minimum absolute atomic E-state index is 0.636. The number of aromatic nitrogens is 1. The number of nitrogen functional groups attached to an aromatic ring is 1. The highest BCUT2D eigenvalue weighted by molar-refractivity contribution is 7.22. The molecule has 0 saturated carbocycles. The van der Waals surface area contributed by atoms with Crippen LogP contribution < -0.4 is 5.73 Å². The van der Waals surface area contributed by atoms with E-state index in [1.807, 2.05) is 12.1 Å². The highest BCUT2D eigenvalue weighted by Gasteiger charge is 2.07. The lowest BCUT2D eigenvalue weighted by Gasteiger charge is -2.04. The molecule has 0 amide bonds. The lowest BCUT2D eigenvalue weighted by atomic mass is 10.0. The number of rotatable bonds is 2. The third-order valence-corrected chi connectivity index (χ3v) is 2.91. The highest BCUT2D eigenvalue weighted by Crippen LogP contribution is 2.27. The van der Waals surface area contributed by atoms with Gasteiger partial charge in [0.15, 0.2) is 5.13 Å². The van der Waals surface area contributed by atoms with Crippen LogP contribution in [0.5, 0.6) is 0 Å². The molecule has 0 aliphatic carbocycles. The van der Waals surface area contributed by atoms with Gasteiger partial charge in [-0.1, -0.05) is 25.2 Å². The van der Waals surface area contributed by atoms with Crippen molar-refractivity contribution in [1.82, 2.24) is 4.98 Å². The Labute approximate surface area is 87.8 Å². The van der Waals surface area contributed by atoms with Gasteiger partial charge in [0.2, 0.25) is 0 Å². The Balaban J connectivity index is 2.53. The predicted octanol–water partition coefficient (Wildman–Crippen LogP) is 2.88. The summed E-state index contributed by atoms with van der Waals surface area (Å²) in [6, 6.07) is 7.10. The molecular formula is C11H13N2S. The van der Waals surface area contributed by atoms with Crippen LogP contribution in [0.2, 0.25) is 0 Å². The molecule has 0 saturated heterocycles. The molecule has 3 heteroatoms. The lowest BCUT2D eigenvalue weighted by Crippen LogP contribution is -1.95. The molecule has 1 heterocycles. The first-order valence-electron chi connectivity index (χ1n) is 4.72. The van der Waals surface area contributed by atoms with E-state index < -0.39 is 0 Å². The van der Waals surface area contributed by atoms with Crippen LogP contribution in [0.15, 0.2) is 12.1 Å². The minimum Gasteiger partial charge on any atom is -0.375 e. The second-order valence-electron chi connectivity index (χ2n) is 3.84. The van der Waals surface area contributed by atoms with Gasteiger partial charge in [-0.05, 0) is 36.1 Å². The van der Waals surface area contributed by atoms with E-state index in [0.717, 1.165) is 16.6 Å². The number of thiazole rings is 1. The molecule has 0 bridgehead atoms. The predicted molar refractivity (Wildman–Crippen MR) is 61.4 cm³/mol. The fourth-order valence-electron chi connectivity index (χ4n) is 1.56. The zero-order valence-corrected chi connectivity index (χ0v) is 9.19. The van der Waals surface area contributed by atoms with Gasteiger partial charge in [-0.3, -0.25) is 0 Å². The smallest absolute Gasteiger partial charge is 0.181 e. The van der Waals surface area contributed by atoms with Crippen molar-refractivity contribution in [1.29, 1.82) is 0 Å². The Morgan fingerprint density at radius 3 is 3.00 bits per heavy atom. The second kappa shape index (κ2) is 3.58. The first-order chi connectivity index (χ1) is 6.66. The van der Waals surface area contributed by atoms with Crippen LogP contribution in [0.4, 0.5) is 5.13 Å². The molecule has 14 heavy (non-hydrogen) atoms. The van der Waals surface area contributed by atoms with Crippen LogP contribution in [0, 0.1) is 12.0 Å². The van der Waals surface area contributed by atoms with E-state index >= 15 is 0 Å². The monoisotopic (exact) mass is 205 g/mol. The van der Waals surface area contributed by atoms with Crippen molar-refractivity contribution in [2.24, 2.45) is 5.92 Å². The summed E-state index contributed by atoms with van der Waals surface area (Å²) in [4.78, 5) is 4.34. The maximum atomic E-state index is 5.68. The third-order valence-electron chi connectivity index (χ3n) is 2.07. The maximum absolute atomic E-state index is 5.68. The molecule has 0 spiro atoms. The molecule has 1 radical (unpaired) electrons. The van der Waals surface area contributed by atoms with E-state index in [0.29, 0.717) is 11.0 Å². The van der Waals surface area contributed by atoms with Crippen LogP contribution in [-0.2, 0) is 6.42 Å². The molecule has 2 nitrogen and oxygen atoms in total. The quantitative estimate of drug-likeness (QED) is 0.818. The zero-order chi connectivity index (χ0) is 10.1. The van der Waals surface area contributed by atoms with E-state index in [-0.39, 0.29) is 0 Å². The van der Waals surface area contributed by atoms with E-state index in [9.17, 15) is 0 Å². The summed E-state index contributed by atoms with van der Waals surface area (Å²) in [6.45, 7) is 4.41. The number of anilines is 1. The molecule has 0 aliphatic rings.